The number of carbonyl (C=O) groups is 1. The molecule has 0 radical (unpaired) electrons. The van der Waals surface area contributed by atoms with E-state index in [1.165, 1.54) is 0 Å². The average molecular weight is 612 g/mol. The Kier molecular flexibility index (Phi) is 8.43. The van der Waals surface area contributed by atoms with Gasteiger partial charge in [-0.3, -0.25) is 0 Å². The monoisotopic (exact) mass is 612 g/mol. The molecule has 3 nitrogen and oxygen atoms in total. The zero-order valence-electron chi connectivity index (χ0n) is 18.7. The van der Waals surface area contributed by atoms with E-state index in [1.54, 1.807) is 0 Å². The molecule has 0 bridgehead atoms. The van der Waals surface area contributed by atoms with Gasteiger partial charge in [0.15, 0.2) is 0 Å². The summed E-state index contributed by atoms with van der Waals surface area (Å²) in [4.78, 5) is 11.3. The molecule has 0 amide bonds. The molecule has 1 rings (SSSR count). The summed E-state index contributed by atoms with van der Waals surface area (Å²) in [5, 5.41) is 10.1. The van der Waals surface area contributed by atoms with Gasteiger partial charge in [-0.05, 0) is 24.6 Å². The molecule has 0 fully saturated rings. The summed E-state index contributed by atoms with van der Waals surface area (Å²) in [5.74, 6) is -58.5. The largest absolute Gasteiger partial charge is 0.465 e. The summed E-state index contributed by atoms with van der Waals surface area (Å²) >= 11 is 0. The van der Waals surface area contributed by atoms with Crippen LogP contribution in [0.5, 0.6) is 0 Å². The SMILES string of the molecule is COC(=O)c1ccc(C(C)(O)CC(F)(F)C(F)(F)C(F)(F)C(F)(F)C(F)(F)C(F)(F)C(F)(F)C(F)(F)F)cc1. The first-order chi connectivity index (χ1) is 16.9. The molecule has 0 spiro atoms. The number of rotatable bonds is 10. The van der Waals surface area contributed by atoms with Crippen LogP contribution in [0.3, 0.4) is 0 Å². The summed E-state index contributed by atoms with van der Waals surface area (Å²) in [6.45, 7) is 0.160. The van der Waals surface area contributed by atoms with E-state index in [0.717, 1.165) is 7.11 Å². The molecule has 1 N–H and O–H groups in total. The number of ether oxygens (including phenoxy) is 1. The van der Waals surface area contributed by atoms with Crippen molar-refractivity contribution in [1.82, 2.24) is 0 Å². The van der Waals surface area contributed by atoms with E-state index in [1.807, 2.05) is 0 Å². The molecule has 0 aliphatic carbocycles. The molecule has 20 heteroatoms. The van der Waals surface area contributed by atoms with Crippen molar-refractivity contribution in [2.24, 2.45) is 0 Å². The van der Waals surface area contributed by atoms with Crippen LogP contribution < -0.4 is 0 Å². The Balaban J connectivity index is 3.57. The standard InChI is InChI=1S/C19H13F17O3/c1-11(38,9-5-3-8(4-6-9)10(37)39-2)7-12(20,21)13(22,23)14(24,25)15(26,27)16(28,29)17(30,31)18(32,33)19(34,35)36/h3-6,38H,7H2,1-2H3. The van der Waals surface area contributed by atoms with Crippen molar-refractivity contribution >= 4 is 5.97 Å². The number of hydrogen-bond donors (Lipinski definition) is 1. The Hall–Kier alpha value is -2.54. The third kappa shape index (κ3) is 5.07. The number of carbonyl (C=O) groups excluding carboxylic acids is 1. The maximum absolute atomic E-state index is 14.2. The number of esters is 1. The van der Waals surface area contributed by atoms with Crippen LogP contribution in [-0.2, 0) is 10.3 Å². The predicted molar refractivity (Wildman–Crippen MR) is 92.7 cm³/mol. The summed E-state index contributed by atoms with van der Waals surface area (Å²) in [6.07, 6.45) is -10.9. The summed E-state index contributed by atoms with van der Waals surface area (Å²) in [6, 6.07) is 2.44. The van der Waals surface area contributed by atoms with Crippen molar-refractivity contribution in [3.63, 3.8) is 0 Å². The van der Waals surface area contributed by atoms with Gasteiger partial charge >= 0.3 is 53.6 Å². The number of hydrogen-bond acceptors (Lipinski definition) is 3. The topological polar surface area (TPSA) is 46.5 Å². The minimum atomic E-state index is -8.73. The molecule has 0 saturated carbocycles. The highest BCUT2D eigenvalue weighted by Gasteiger charge is 2.95. The van der Waals surface area contributed by atoms with Gasteiger partial charge in [0.1, 0.15) is 0 Å². The highest BCUT2D eigenvalue weighted by Crippen LogP contribution is 2.64. The molecule has 0 heterocycles. The minimum absolute atomic E-state index is 0.160. The van der Waals surface area contributed by atoms with Crippen molar-refractivity contribution in [3.8, 4) is 0 Å². The first-order valence-electron chi connectivity index (χ1n) is 9.53. The van der Waals surface area contributed by atoms with E-state index in [0.29, 0.717) is 24.3 Å². The van der Waals surface area contributed by atoms with E-state index in [2.05, 4.69) is 4.74 Å². The van der Waals surface area contributed by atoms with E-state index in [9.17, 15) is 84.5 Å². The van der Waals surface area contributed by atoms with Crippen molar-refractivity contribution < 1.29 is 89.3 Å². The van der Waals surface area contributed by atoms with Crippen LogP contribution >= 0.6 is 0 Å². The zero-order chi connectivity index (χ0) is 31.5. The second-order valence-electron chi connectivity index (χ2n) is 8.17. The molecule has 0 saturated heterocycles. The summed E-state index contributed by atoms with van der Waals surface area (Å²) in [7, 11) is 0.870. The lowest BCUT2D eigenvalue weighted by molar-refractivity contribution is -0.462. The van der Waals surface area contributed by atoms with Gasteiger partial charge in [0, 0.05) is 0 Å². The molecule has 39 heavy (non-hydrogen) atoms. The van der Waals surface area contributed by atoms with Crippen LogP contribution in [-0.4, -0.2) is 65.8 Å². The fraction of sp³-hybridized carbons (Fsp3) is 0.632. The molecule has 1 atom stereocenters. The first kappa shape index (κ1) is 34.5. The predicted octanol–water partition coefficient (Wildman–Crippen LogP) is 7.08. The molecule has 1 aromatic rings. The maximum Gasteiger partial charge on any atom is 0.460 e. The quantitative estimate of drug-likeness (QED) is 0.227. The lowest BCUT2D eigenvalue weighted by atomic mass is 9.83. The summed E-state index contributed by atoms with van der Waals surface area (Å²) in [5.41, 5.74) is -4.76. The molecular formula is C19H13F17O3. The molecule has 0 aliphatic rings. The minimum Gasteiger partial charge on any atom is -0.465 e. The maximum atomic E-state index is 14.2. The Morgan fingerprint density at radius 3 is 1.31 bits per heavy atom. The molecular weight excluding hydrogens is 599 g/mol. The van der Waals surface area contributed by atoms with Crippen LogP contribution in [0, 0.1) is 0 Å². The third-order valence-electron chi connectivity index (χ3n) is 5.28. The smallest absolute Gasteiger partial charge is 0.460 e. The second kappa shape index (κ2) is 9.53. The van der Waals surface area contributed by atoms with Crippen LogP contribution in [0.25, 0.3) is 0 Å². The van der Waals surface area contributed by atoms with Crippen molar-refractivity contribution in [2.75, 3.05) is 7.11 Å². The Bertz CT molecular complexity index is 1040. The van der Waals surface area contributed by atoms with Gasteiger partial charge in [0.2, 0.25) is 0 Å². The Labute approximate surface area is 205 Å². The average Bonchev–Trinajstić information content (AvgIpc) is 2.76. The molecule has 226 valence electrons. The van der Waals surface area contributed by atoms with Gasteiger partial charge in [-0.15, -0.1) is 0 Å². The molecule has 1 unspecified atom stereocenters. The fourth-order valence-electron chi connectivity index (χ4n) is 2.92. The first-order valence-corrected chi connectivity index (χ1v) is 9.53. The normalized spacial score (nSPS) is 16.6. The van der Waals surface area contributed by atoms with Gasteiger partial charge in [-0.2, -0.15) is 74.6 Å². The van der Waals surface area contributed by atoms with E-state index < -0.39 is 71.2 Å². The number of halogens is 17. The number of alkyl halides is 17. The molecule has 0 aliphatic heterocycles. The Morgan fingerprint density at radius 2 is 0.974 bits per heavy atom. The number of aliphatic hydroxyl groups is 1. The van der Waals surface area contributed by atoms with Gasteiger partial charge in [0.05, 0.1) is 24.7 Å². The van der Waals surface area contributed by atoms with E-state index >= 15 is 0 Å². The molecule has 0 aromatic heterocycles. The third-order valence-corrected chi connectivity index (χ3v) is 5.28. The van der Waals surface area contributed by atoms with Crippen LogP contribution in [0.2, 0.25) is 0 Å². The van der Waals surface area contributed by atoms with Crippen molar-refractivity contribution in [2.45, 2.75) is 66.6 Å². The highest BCUT2D eigenvalue weighted by molar-refractivity contribution is 5.89. The van der Waals surface area contributed by atoms with Crippen molar-refractivity contribution in [3.05, 3.63) is 35.4 Å². The van der Waals surface area contributed by atoms with Crippen LogP contribution in [0.1, 0.15) is 29.3 Å². The van der Waals surface area contributed by atoms with E-state index in [-0.39, 0.29) is 12.5 Å². The lowest BCUT2D eigenvalue weighted by Gasteiger charge is -2.43. The van der Waals surface area contributed by atoms with Gasteiger partial charge in [-0.25, -0.2) is 4.79 Å². The second-order valence-corrected chi connectivity index (χ2v) is 8.17. The number of benzene rings is 1. The van der Waals surface area contributed by atoms with Gasteiger partial charge in [-0.1, -0.05) is 12.1 Å². The van der Waals surface area contributed by atoms with Gasteiger partial charge in [0.25, 0.3) is 0 Å². The fourth-order valence-corrected chi connectivity index (χ4v) is 2.92. The van der Waals surface area contributed by atoms with Crippen molar-refractivity contribution in [1.29, 1.82) is 0 Å². The summed E-state index contributed by atoms with van der Waals surface area (Å²) < 4.78 is 232. The van der Waals surface area contributed by atoms with Crippen LogP contribution in [0.15, 0.2) is 24.3 Å². The highest BCUT2D eigenvalue weighted by atomic mass is 19.4. The molecule has 1 aromatic carbocycles. The van der Waals surface area contributed by atoms with Gasteiger partial charge < -0.3 is 9.84 Å². The Morgan fingerprint density at radius 1 is 0.641 bits per heavy atom. The number of methoxy groups -OCH3 is 1. The van der Waals surface area contributed by atoms with Crippen LogP contribution in [0.4, 0.5) is 74.6 Å². The zero-order valence-corrected chi connectivity index (χ0v) is 18.7. The lowest BCUT2D eigenvalue weighted by Crippen LogP contribution is -2.74. The van der Waals surface area contributed by atoms with E-state index in [4.69, 9.17) is 0 Å².